The molecule has 0 aliphatic carbocycles. The van der Waals surface area contributed by atoms with E-state index < -0.39 is 30.4 Å². The largest absolute Gasteiger partial charge is 0.475 e. The van der Waals surface area contributed by atoms with Crippen molar-refractivity contribution in [3.05, 3.63) is 0 Å². The third-order valence-electron chi connectivity index (χ3n) is 1.19. The van der Waals surface area contributed by atoms with Crippen LogP contribution < -0.4 is 0 Å². The van der Waals surface area contributed by atoms with Gasteiger partial charge in [0.25, 0.3) is 0 Å². The maximum Gasteiger partial charge on any atom is 0.372 e. The standard InChI is InChI=1S/C6H10O5/c1-3(7)4(8)2-5(9)6(10)11/h3-4,7-8H,2H2,1H3,(H,10,11)/t3-,4-/m1/s1. The van der Waals surface area contributed by atoms with Gasteiger partial charge in [-0.2, -0.15) is 0 Å². The molecular formula is C6H10O5. The molecule has 0 saturated carbocycles. The van der Waals surface area contributed by atoms with E-state index in [4.69, 9.17) is 15.3 Å². The van der Waals surface area contributed by atoms with E-state index in [1.807, 2.05) is 0 Å². The van der Waals surface area contributed by atoms with Gasteiger partial charge in [0.1, 0.15) is 0 Å². The number of carbonyl (C=O) groups excluding carboxylic acids is 1. The molecule has 0 aliphatic heterocycles. The smallest absolute Gasteiger partial charge is 0.372 e. The van der Waals surface area contributed by atoms with Gasteiger partial charge in [-0.3, -0.25) is 4.79 Å². The predicted molar refractivity (Wildman–Crippen MR) is 34.9 cm³/mol. The molecule has 0 aliphatic rings. The zero-order valence-corrected chi connectivity index (χ0v) is 6.02. The van der Waals surface area contributed by atoms with Crippen LogP contribution in [0.1, 0.15) is 13.3 Å². The zero-order valence-electron chi connectivity index (χ0n) is 6.02. The van der Waals surface area contributed by atoms with Gasteiger partial charge >= 0.3 is 5.97 Å². The Hall–Kier alpha value is -0.940. The van der Waals surface area contributed by atoms with Gasteiger partial charge in [-0.1, -0.05) is 0 Å². The molecule has 0 aromatic heterocycles. The lowest BCUT2D eigenvalue weighted by Gasteiger charge is -2.10. The lowest BCUT2D eigenvalue weighted by molar-refractivity contribution is -0.150. The number of carboxylic acid groups (broad SMARTS) is 1. The van der Waals surface area contributed by atoms with Crippen LogP contribution in [0.3, 0.4) is 0 Å². The minimum Gasteiger partial charge on any atom is -0.475 e. The van der Waals surface area contributed by atoms with E-state index in [1.54, 1.807) is 0 Å². The van der Waals surface area contributed by atoms with E-state index in [2.05, 4.69) is 0 Å². The minimum atomic E-state index is -1.59. The van der Waals surface area contributed by atoms with Crippen LogP contribution in [-0.4, -0.2) is 39.3 Å². The topological polar surface area (TPSA) is 94.8 Å². The van der Waals surface area contributed by atoms with Crippen molar-refractivity contribution in [2.24, 2.45) is 0 Å². The highest BCUT2D eigenvalue weighted by molar-refractivity contribution is 6.32. The summed E-state index contributed by atoms with van der Waals surface area (Å²) in [5.41, 5.74) is 0. The average Bonchev–Trinajstić information content (AvgIpc) is 1.87. The second-order valence-electron chi connectivity index (χ2n) is 2.24. The van der Waals surface area contributed by atoms with Crippen molar-refractivity contribution in [3.8, 4) is 0 Å². The van der Waals surface area contributed by atoms with E-state index in [1.165, 1.54) is 6.92 Å². The Morgan fingerprint density at radius 1 is 1.36 bits per heavy atom. The van der Waals surface area contributed by atoms with Crippen LogP contribution in [0.4, 0.5) is 0 Å². The first-order valence-corrected chi connectivity index (χ1v) is 3.07. The number of aliphatic hydroxyl groups excluding tert-OH is 2. The predicted octanol–water partition coefficient (Wildman–Crippen LogP) is -1.23. The number of aliphatic hydroxyl groups is 2. The van der Waals surface area contributed by atoms with E-state index >= 15 is 0 Å². The third-order valence-corrected chi connectivity index (χ3v) is 1.19. The van der Waals surface area contributed by atoms with Gasteiger partial charge in [-0.25, -0.2) is 4.79 Å². The second-order valence-corrected chi connectivity index (χ2v) is 2.24. The van der Waals surface area contributed by atoms with Crippen molar-refractivity contribution < 1.29 is 24.9 Å². The van der Waals surface area contributed by atoms with Crippen molar-refractivity contribution >= 4 is 11.8 Å². The molecule has 0 fully saturated rings. The van der Waals surface area contributed by atoms with Crippen LogP contribution in [0.25, 0.3) is 0 Å². The number of carboxylic acids is 1. The highest BCUT2D eigenvalue weighted by atomic mass is 16.4. The Morgan fingerprint density at radius 3 is 2.09 bits per heavy atom. The summed E-state index contributed by atoms with van der Waals surface area (Å²) in [6, 6.07) is 0. The van der Waals surface area contributed by atoms with Crippen molar-refractivity contribution in [2.45, 2.75) is 25.6 Å². The molecule has 5 nitrogen and oxygen atoms in total. The summed E-state index contributed by atoms with van der Waals surface area (Å²) in [5.74, 6) is -2.69. The Labute approximate surface area is 63.3 Å². The van der Waals surface area contributed by atoms with Crippen LogP contribution in [0.2, 0.25) is 0 Å². The molecule has 3 N–H and O–H groups in total. The van der Waals surface area contributed by atoms with E-state index in [0.717, 1.165) is 0 Å². The van der Waals surface area contributed by atoms with E-state index in [-0.39, 0.29) is 0 Å². The summed E-state index contributed by atoms with van der Waals surface area (Å²) in [5, 5.41) is 25.5. The lowest BCUT2D eigenvalue weighted by Crippen LogP contribution is -2.28. The fourth-order valence-electron chi connectivity index (χ4n) is 0.448. The van der Waals surface area contributed by atoms with Crippen LogP contribution in [0.5, 0.6) is 0 Å². The molecule has 0 radical (unpaired) electrons. The summed E-state index contributed by atoms with van der Waals surface area (Å²) in [6.45, 7) is 1.28. The van der Waals surface area contributed by atoms with Crippen molar-refractivity contribution in [3.63, 3.8) is 0 Å². The van der Waals surface area contributed by atoms with Gasteiger partial charge in [0, 0.05) is 6.42 Å². The third kappa shape index (κ3) is 3.69. The van der Waals surface area contributed by atoms with Gasteiger partial charge in [-0.05, 0) is 6.92 Å². The van der Waals surface area contributed by atoms with Crippen LogP contribution in [0, 0.1) is 0 Å². The summed E-state index contributed by atoms with van der Waals surface area (Å²) in [7, 11) is 0. The van der Waals surface area contributed by atoms with Crippen LogP contribution in [0.15, 0.2) is 0 Å². The van der Waals surface area contributed by atoms with Crippen molar-refractivity contribution in [1.82, 2.24) is 0 Å². The highest BCUT2D eigenvalue weighted by Gasteiger charge is 2.19. The zero-order chi connectivity index (χ0) is 9.02. The maximum absolute atomic E-state index is 10.4. The van der Waals surface area contributed by atoms with E-state index in [0.29, 0.717) is 0 Å². The molecule has 0 rings (SSSR count). The number of aliphatic carboxylic acids is 1. The van der Waals surface area contributed by atoms with Crippen LogP contribution >= 0.6 is 0 Å². The number of Topliss-reactive ketones (excluding diaryl/α,β-unsaturated/α-hetero) is 1. The molecule has 0 saturated heterocycles. The van der Waals surface area contributed by atoms with Gasteiger partial charge in [0.2, 0.25) is 5.78 Å². The summed E-state index contributed by atoms with van der Waals surface area (Å²) < 4.78 is 0. The molecule has 64 valence electrons. The number of hydrogen-bond donors (Lipinski definition) is 3. The number of ketones is 1. The number of hydrogen-bond acceptors (Lipinski definition) is 4. The van der Waals surface area contributed by atoms with Gasteiger partial charge in [-0.15, -0.1) is 0 Å². The molecule has 0 heterocycles. The van der Waals surface area contributed by atoms with Gasteiger partial charge in [0.05, 0.1) is 12.2 Å². The molecule has 11 heavy (non-hydrogen) atoms. The quantitative estimate of drug-likeness (QED) is 0.450. The molecule has 5 heteroatoms. The number of carbonyl (C=O) groups is 2. The minimum absolute atomic E-state index is 0.549. The highest BCUT2D eigenvalue weighted by Crippen LogP contribution is 1.98. The Kier molecular flexibility index (Phi) is 3.70. The van der Waals surface area contributed by atoms with Gasteiger partial charge in [0.15, 0.2) is 0 Å². The summed E-state index contributed by atoms with van der Waals surface area (Å²) >= 11 is 0. The maximum atomic E-state index is 10.4. The molecule has 2 atom stereocenters. The molecular weight excluding hydrogens is 152 g/mol. The fraction of sp³-hybridized carbons (Fsp3) is 0.667. The Balaban J connectivity index is 3.85. The first-order valence-electron chi connectivity index (χ1n) is 3.07. The first-order chi connectivity index (χ1) is 4.95. The monoisotopic (exact) mass is 162 g/mol. The second kappa shape index (κ2) is 4.05. The normalized spacial score (nSPS) is 15.5. The Morgan fingerprint density at radius 2 is 1.82 bits per heavy atom. The fourth-order valence-corrected chi connectivity index (χ4v) is 0.448. The molecule has 0 bridgehead atoms. The lowest BCUT2D eigenvalue weighted by atomic mass is 10.1. The van der Waals surface area contributed by atoms with Crippen molar-refractivity contribution in [1.29, 1.82) is 0 Å². The van der Waals surface area contributed by atoms with Crippen molar-refractivity contribution in [2.75, 3.05) is 0 Å². The van der Waals surface area contributed by atoms with Gasteiger partial charge < -0.3 is 15.3 Å². The molecule has 0 aromatic carbocycles. The molecule has 0 unspecified atom stereocenters. The molecule has 0 spiro atoms. The summed E-state index contributed by atoms with van der Waals surface area (Å²) in [6.07, 6.45) is -2.93. The van der Waals surface area contributed by atoms with E-state index in [9.17, 15) is 9.59 Å². The summed E-state index contributed by atoms with van der Waals surface area (Å²) in [4.78, 5) is 20.3. The molecule has 0 amide bonds. The van der Waals surface area contributed by atoms with Crippen LogP contribution in [-0.2, 0) is 9.59 Å². The average molecular weight is 162 g/mol. The first kappa shape index (κ1) is 10.1. The Bertz CT molecular complexity index is 162. The SMILES string of the molecule is C[C@@H](O)[C@H](O)CC(=O)C(=O)O. The molecule has 0 aromatic rings. The number of rotatable bonds is 4.